The van der Waals surface area contributed by atoms with Crippen molar-refractivity contribution in [3.63, 3.8) is 0 Å². The molecular formula is C14H10Cl2N2OS. The molecule has 0 aliphatic heterocycles. The molecule has 1 aromatic carbocycles. The maximum atomic E-state index is 6.26. The van der Waals surface area contributed by atoms with Crippen LogP contribution in [0, 0.1) is 6.92 Å². The number of benzene rings is 1. The van der Waals surface area contributed by atoms with Crippen molar-refractivity contribution in [2.45, 2.75) is 6.92 Å². The summed E-state index contributed by atoms with van der Waals surface area (Å²) in [5, 5.41) is 6.88. The van der Waals surface area contributed by atoms with Crippen molar-refractivity contribution < 1.29 is 4.52 Å². The number of nitrogens with zero attached hydrogens (tertiary/aromatic N) is 1. The average Bonchev–Trinajstić information content (AvgIpc) is 2.97. The summed E-state index contributed by atoms with van der Waals surface area (Å²) in [5.74, 6) is 0.882. The summed E-state index contributed by atoms with van der Waals surface area (Å²) in [5.41, 5.74) is 8.34. The Labute approximate surface area is 129 Å². The van der Waals surface area contributed by atoms with E-state index in [9.17, 15) is 0 Å². The lowest BCUT2D eigenvalue weighted by molar-refractivity contribution is 0.437. The summed E-state index contributed by atoms with van der Waals surface area (Å²) in [7, 11) is 0. The number of thiophene rings is 1. The molecule has 0 aliphatic rings. The second kappa shape index (κ2) is 5.13. The van der Waals surface area contributed by atoms with Gasteiger partial charge < -0.3 is 10.3 Å². The fraction of sp³-hybridized carbons (Fsp3) is 0.0714. The predicted octanol–water partition coefficient (Wildman–Crippen LogP) is 5.27. The lowest BCUT2D eigenvalue weighted by Gasteiger charge is -2.07. The van der Waals surface area contributed by atoms with E-state index in [4.69, 9.17) is 33.5 Å². The van der Waals surface area contributed by atoms with Crippen molar-refractivity contribution in [1.29, 1.82) is 0 Å². The summed E-state index contributed by atoms with van der Waals surface area (Å²) in [6.07, 6.45) is 0. The SMILES string of the molecule is Cc1ccsc1-c1onc(N)c1-c1c(Cl)cccc1Cl. The van der Waals surface area contributed by atoms with Gasteiger partial charge in [0, 0.05) is 5.56 Å². The van der Waals surface area contributed by atoms with Crippen LogP contribution in [0.15, 0.2) is 34.2 Å². The van der Waals surface area contributed by atoms with Gasteiger partial charge in [0.1, 0.15) is 0 Å². The first kappa shape index (κ1) is 13.5. The standard InChI is InChI=1S/C14H10Cl2N2OS/c1-7-5-6-20-13(7)12-11(14(17)18-19-12)10-8(15)3-2-4-9(10)16/h2-6H,1H3,(H2,17,18). The monoisotopic (exact) mass is 324 g/mol. The van der Waals surface area contributed by atoms with Crippen LogP contribution < -0.4 is 5.73 Å². The van der Waals surface area contributed by atoms with Crippen molar-refractivity contribution in [3.05, 3.63) is 45.3 Å². The second-order valence-corrected chi connectivity index (χ2v) is 6.03. The molecule has 3 nitrogen and oxygen atoms in total. The molecule has 0 unspecified atom stereocenters. The first-order valence-electron chi connectivity index (χ1n) is 5.83. The van der Waals surface area contributed by atoms with E-state index >= 15 is 0 Å². The number of aromatic nitrogens is 1. The molecule has 0 atom stereocenters. The molecule has 0 bridgehead atoms. The summed E-state index contributed by atoms with van der Waals surface area (Å²) in [6.45, 7) is 2.00. The quantitative estimate of drug-likeness (QED) is 0.698. The average molecular weight is 325 g/mol. The van der Waals surface area contributed by atoms with Gasteiger partial charge >= 0.3 is 0 Å². The van der Waals surface area contributed by atoms with Gasteiger partial charge in [-0.25, -0.2) is 0 Å². The normalized spacial score (nSPS) is 10.9. The van der Waals surface area contributed by atoms with E-state index in [1.54, 1.807) is 29.5 Å². The zero-order chi connectivity index (χ0) is 14.3. The minimum Gasteiger partial charge on any atom is -0.380 e. The van der Waals surface area contributed by atoms with E-state index in [1.165, 1.54) is 0 Å². The molecular weight excluding hydrogens is 315 g/mol. The number of hydrogen-bond acceptors (Lipinski definition) is 4. The van der Waals surface area contributed by atoms with E-state index in [-0.39, 0.29) is 5.82 Å². The number of rotatable bonds is 2. The summed E-state index contributed by atoms with van der Waals surface area (Å²) in [6, 6.07) is 7.32. The van der Waals surface area contributed by atoms with Gasteiger partial charge in [-0.1, -0.05) is 34.4 Å². The molecule has 2 N–H and O–H groups in total. The molecule has 0 fully saturated rings. The minimum absolute atomic E-state index is 0.280. The molecule has 2 heterocycles. The van der Waals surface area contributed by atoms with E-state index in [0.717, 1.165) is 10.4 Å². The van der Waals surface area contributed by atoms with Crippen molar-refractivity contribution in [2.24, 2.45) is 0 Å². The number of halogens is 2. The molecule has 2 aromatic heterocycles. The topological polar surface area (TPSA) is 52.0 Å². The Bertz CT molecular complexity index is 759. The molecule has 6 heteroatoms. The van der Waals surface area contributed by atoms with Gasteiger partial charge in [0.05, 0.1) is 20.5 Å². The third-order valence-electron chi connectivity index (χ3n) is 3.00. The van der Waals surface area contributed by atoms with Crippen LogP contribution in [0.3, 0.4) is 0 Å². The van der Waals surface area contributed by atoms with Gasteiger partial charge in [0.2, 0.25) is 0 Å². The van der Waals surface area contributed by atoms with E-state index in [1.807, 2.05) is 18.4 Å². The lowest BCUT2D eigenvalue weighted by Crippen LogP contribution is -1.90. The maximum absolute atomic E-state index is 6.26. The molecule has 3 rings (SSSR count). The fourth-order valence-corrected chi connectivity index (χ4v) is 3.54. The summed E-state index contributed by atoms with van der Waals surface area (Å²) in [4.78, 5) is 0.972. The number of aryl methyl sites for hydroxylation is 1. The number of nitrogen functional groups attached to an aromatic ring is 1. The van der Waals surface area contributed by atoms with Crippen LogP contribution in [-0.2, 0) is 0 Å². The molecule has 0 aliphatic carbocycles. The Kier molecular flexibility index (Phi) is 3.46. The highest BCUT2D eigenvalue weighted by atomic mass is 35.5. The van der Waals surface area contributed by atoms with Gasteiger partial charge in [-0.15, -0.1) is 11.3 Å². The number of anilines is 1. The van der Waals surface area contributed by atoms with Crippen LogP contribution in [0.1, 0.15) is 5.56 Å². The number of hydrogen-bond donors (Lipinski definition) is 1. The molecule has 0 radical (unpaired) electrons. The summed E-state index contributed by atoms with van der Waals surface area (Å²) >= 11 is 14.1. The van der Waals surface area contributed by atoms with Gasteiger partial charge in [0.25, 0.3) is 0 Å². The minimum atomic E-state index is 0.280. The van der Waals surface area contributed by atoms with Gasteiger partial charge in [0.15, 0.2) is 11.6 Å². The van der Waals surface area contributed by atoms with Crippen LogP contribution in [0.5, 0.6) is 0 Å². The maximum Gasteiger partial charge on any atom is 0.187 e. The highest BCUT2D eigenvalue weighted by molar-refractivity contribution is 7.13. The van der Waals surface area contributed by atoms with Gasteiger partial charge in [-0.2, -0.15) is 0 Å². The molecule has 0 amide bonds. The number of nitrogens with two attached hydrogens (primary N) is 1. The van der Waals surface area contributed by atoms with Crippen LogP contribution >= 0.6 is 34.5 Å². The Morgan fingerprint density at radius 1 is 1.15 bits per heavy atom. The smallest absolute Gasteiger partial charge is 0.187 e. The Morgan fingerprint density at radius 3 is 2.45 bits per heavy atom. The third kappa shape index (κ3) is 2.10. The van der Waals surface area contributed by atoms with E-state index in [2.05, 4.69) is 5.16 Å². The first-order valence-corrected chi connectivity index (χ1v) is 7.47. The van der Waals surface area contributed by atoms with Crippen LogP contribution in [-0.4, -0.2) is 5.16 Å². The second-order valence-electron chi connectivity index (χ2n) is 4.30. The van der Waals surface area contributed by atoms with Crippen molar-refractivity contribution in [1.82, 2.24) is 5.16 Å². The fourth-order valence-electron chi connectivity index (χ4n) is 2.04. The summed E-state index contributed by atoms with van der Waals surface area (Å²) < 4.78 is 5.40. The predicted molar refractivity (Wildman–Crippen MR) is 84.4 cm³/mol. The first-order chi connectivity index (χ1) is 9.59. The molecule has 102 valence electrons. The van der Waals surface area contributed by atoms with Crippen molar-refractivity contribution in [3.8, 4) is 21.8 Å². The molecule has 20 heavy (non-hydrogen) atoms. The van der Waals surface area contributed by atoms with Crippen molar-refractivity contribution >= 4 is 40.4 Å². The zero-order valence-electron chi connectivity index (χ0n) is 10.5. The molecule has 0 saturated heterocycles. The van der Waals surface area contributed by atoms with Gasteiger partial charge in [-0.05, 0) is 36.1 Å². The largest absolute Gasteiger partial charge is 0.380 e. The Morgan fingerprint density at radius 2 is 1.85 bits per heavy atom. The van der Waals surface area contributed by atoms with Gasteiger partial charge in [-0.3, -0.25) is 0 Å². The Balaban J connectivity index is 2.31. The molecule has 0 spiro atoms. The highest BCUT2D eigenvalue weighted by Gasteiger charge is 2.23. The Hall–Kier alpha value is -1.49. The highest BCUT2D eigenvalue weighted by Crippen LogP contribution is 2.45. The van der Waals surface area contributed by atoms with Crippen molar-refractivity contribution in [2.75, 3.05) is 5.73 Å². The lowest BCUT2D eigenvalue weighted by atomic mass is 10.0. The van der Waals surface area contributed by atoms with Crippen LogP contribution in [0.4, 0.5) is 5.82 Å². The molecule has 3 aromatic rings. The van der Waals surface area contributed by atoms with Crippen LogP contribution in [0.2, 0.25) is 10.0 Å². The van der Waals surface area contributed by atoms with Crippen LogP contribution in [0.25, 0.3) is 21.8 Å². The zero-order valence-corrected chi connectivity index (χ0v) is 12.8. The van der Waals surface area contributed by atoms with E-state index < -0.39 is 0 Å². The molecule has 0 saturated carbocycles. The van der Waals surface area contributed by atoms with E-state index in [0.29, 0.717) is 26.9 Å². The third-order valence-corrected chi connectivity index (χ3v) is 4.64.